The van der Waals surface area contributed by atoms with Gasteiger partial charge in [-0.15, -0.1) is 0 Å². The SMILES string of the molecule is NC(=O)CN(Cc1ccccc1N)C(=O)CC1CCCO1. The Morgan fingerprint density at radius 3 is 2.71 bits per heavy atom. The predicted octanol–water partition coefficient (Wildman–Crippen LogP) is 0.652. The van der Waals surface area contributed by atoms with E-state index in [-0.39, 0.29) is 31.5 Å². The molecule has 1 aromatic carbocycles. The average molecular weight is 291 g/mol. The molecule has 2 rings (SSSR count). The van der Waals surface area contributed by atoms with Crippen molar-refractivity contribution in [2.45, 2.75) is 31.9 Å². The number of hydrogen-bond acceptors (Lipinski definition) is 4. The van der Waals surface area contributed by atoms with Crippen LogP contribution in [0.3, 0.4) is 0 Å². The van der Waals surface area contributed by atoms with Crippen molar-refractivity contribution in [1.82, 2.24) is 4.90 Å². The van der Waals surface area contributed by atoms with Gasteiger partial charge >= 0.3 is 0 Å². The highest BCUT2D eigenvalue weighted by Gasteiger charge is 2.24. The maximum Gasteiger partial charge on any atom is 0.237 e. The molecule has 6 heteroatoms. The number of carbonyl (C=O) groups is 2. The van der Waals surface area contributed by atoms with Crippen molar-refractivity contribution in [3.05, 3.63) is 29.8 Å². The Balaban J connectivity index is 2.04. The van der Waals surface area contributed by atoms with Gasteiger partial charge in [-0.25, -0.2) is 0 Å². The minimum atomic E-state index is -0.537. The van der Waals surface area contributed by atoms with Gasteiger partial charge in [-0.05, 0) is 24.5 Å². The average Bonchev–Trinajstić information content (AvgIpc) is 2.92. The molecule has 1 atom stereocenters. The molecule has 0 aromatic heterocycles. The van der Waals surface area contributed by atoms with Crippen LogP contribution in [-0.2, 0) is 20.9 Å². The highest BCUT2D eigenvalue weighted by Crippen LogP contribution is 2.18. The lowest BCUT2D eigenvalue weighted by Crippen LogP contribution is -2.39. The molecule has 0 aliphatic carbocycles. The van der Waals surface area contributed by atoms with Gasteiger partial charge in [-0.3, -0.25) is 9.59 Å². The number of para-hydroxylation sites is 1. The Labute approximate surface area is 124 Å². The van der Waals surface area contributed by atoms with Crippen LogP contribution in [0.25, 0.3) is 0 Å². The summed E-state index contributed by atoms with van der Waals surface area (Å²) in [6.07, 6.45) is 2.07. The second-order valence-corrected chi connectivity index (χ2v) is 5.25. The molecule has 21 heavy (non-hydrogen) atoms. The zero-order chi connectivity index (χ0) is 15.2. The van der Waals surface area contributed by atoms with Crippen molar-refractivity contribution in [3.63, 3.8) is 0 Å². The Morgan fingerprint density at radius 2 is 2.10 bits per heavy atom. The predicted molar refractivity (Wildman–Crippen MR) is 79.1 cm³/mol. The minimum Gasteiger partial charge on any atom is -0.398 e. The van der Waals surface area contributed by atoms with Crippen molar-refractivity contribution >= 4 is 17.5 Å². The summed E-state index contributed by atoms with van der Waals surface area (Å²) in [5.74, 6) is -0.672. The molecule has 1 aliphatic rings. The van der Waals surface area contributed by atoms with Crippen LogP contribution in [-0.4, -0.2) is 36.0 Å². The Bertz CT molecular complexity index is 513. The van der Waals surface area contributed by atoms with E-state index >= 15 is 0 Å². The molecular formula is C15H21N3O3. The van der Waals surface area contributed by atoms with E-state index in [2.05, 4.69) is 0 Å². The van der Waals surface area contributed by atoms with Crippen molar-refractivity contribution in [2.75, 3.05) is 18.9 Å². The molecule has 0 spiro atoms. The summed E-state index contributed by atoms with van der Waals surface area (Å²) < 4.78 is 5.46. The molecule has 0 radical (unpaired) electrons. The summed E-state index contributed by atoms with van der Waals surface area (Å²) in [5, 5.41) is 0. The highest BCUT2D eigenvalue weighted by molar-refractivity contribution is 5.84. The lowest BCUT2D eigenvalue weighted by molar-refractivity contribution is -0.137. The molecule has 1 heterocycles. The Kier molecular flexibility index (Phi) is 5.16. The molecule has 1 aromatic rings. The first-order valence-corrected chi connectivity index (χ1v) is 7.07. The minimum absolute atomic E-state index is 0.0546. The van der Waals surface area contributed by atoms with Crippen LogP contribution in [0.4, 0.5) is 5.69 Å². The fourth-order valence-corrected chi connectivity index (χ4v) is 2.43. The van der Waals surface area contributed by atoms with Crippen LogP contribution < -0.4 is 11.5 Å². The number of nitrogens with two attached hydrogens (primary N) is 2. The normalized spacial score (nSPS) is 17.6. The summed E-state index contributed by atoms with van der Waals surface area (Å²) in [4.78, 5) is 25.0. The maximum absolute atomic E-state index is 12.3. The standard InChI is InChI=1S/C15H21N3O3/c16-13-6-2-1-4-11(13)9-18(10-14(17)19)15(20)8-12-5-3-7-21-12/h1-2,4,6,12H,3,5,7-10,16H2,(H2,17,19). The van der Waals surface area contributed by atoms with E-state index in [1.807, 2.05) is 18.2 Å². The number of rotatable bonds is 6. The fraction of sp³-hybridized carbons (Fsp3) is 0.467. The van der Waals surface area contributed by atoms with Gasteiger partial charge in [-0.2, -0.15) is 0 Å². The molecular weight excluding hydrogens is 270 g/mol. The van der Waals surface area contributed by atoms with Gasteiger partial charge in [0.1, 0.15) is 0 Å². The summed E-state index contributed by atoms with van der Waals surface area (Å²) in [6.45, 7) is 0.862. The number of benzene rings is 1. The molecule has 114 valence electrons. The zero-order valence-corrected chi connectivity index (χ0v) is 12.0. The molecule has 4 N–H and O–H groups in total. The topological polar surface area (TPSA) is 98.7 Å². The summed E-state index contributed by atoms with van der Waals surface area (Å²) >= 11 is 0. The van der Waals surface area contributed by atoms with Crippen LogP contribution in [0.5, 0.6) is 0 Å². The number of ether oxygens (including phenoxy) is 1. The van der Waals surface area contributed by atoms with E-state index in [1.165, 1.54) is 4.90 Å². The van der Waals surface area contributed by atoms with E-state index in [1.54, 1.807) is 6.07 Å². The second-order valence-electron chi connectivity index (χ2n) is 5.25. The van der Waals surface area contributed by atoms with Crippen LogP contribution in [0, 0.1) is 0 Å². The lowest BCUT2D eigenvalue weighted by atomic mass is 10.1. The number of nitrogens with zero attached hydrogens (tertiary/aromatic N) is 1. The number of nitrogen functional groups attached to an aromatic ring is 1. The lowest BCUT2D eigenvalue weighted by Gasteiger charge is -2.23. The van der Waals surface area contributed by atoms with E-state index in [4.69, 9.17) is 16.2 Å². The number of amides is 2. The van der Waals surface area contributed by atoms with Crippen molar-refractivity contribution in [1.29, 1.82) is 0 Å². The summed E-state index contributed by atoms with van der Waals surface area (Å²) in [5.41, 5.74) is 12.5. The van der Waals surface area contributed by atoms with E-state index < -0.39 is 5.91 Å². The first kappa shape index (κ1) is 15.3. The summed E-state index contributed by atoms with van der Waals surface area (Å²) in [7, 11) is 0. The molecule has 1 unspecified atom stereocenters. The molecule has 6 nitrogen and oxygen atoms in total. The van der Waals surface area contributed by atoms with Gasteiger partial charge in [0.05, 0.1) is 19.1 Å². The van der Waals surface area contributed by atoms with Crippen LogP contribution in [0.1, 0.15) is 24.8 Å². The third-order valence-electron chi connectivity index (χ3n) is 3.54. The number of carbonyl (C=O) groups excluding carboxylic acids is 2. The van der Waals surface area contributed by atoms with Crippen molar-refractivity contribution in [3.8, 4) is 0 Å². The second kappa shape index (κ2) is 7.08. The molecule has 1 aliphatic heterocycles. The maximum atomic E-state index is 12.3. The molecule has 0 saturated carbocycles. The van der Waals surface area contributed by atoms with Crippen molar-refractivity contribution in [2.24, 2.45) is 5.73 Å². The summed E-state index contributed by atoms with van der Waals surface area (Å²) in [6, 6.07) is 7.27. The monoisotopic (exact) mass is 291 g/mol. The van der Waals surface area contributed by atoms with Crippen LogP contribution in [0.2, 0.25) is 0 Å². The highest BCUT2D eigenvalue weighted by atomic mass is 16.5. The van der Waals surface area contributed by atoms with Crippen LogP contribution in [0.15, 0.2) is 24.3 Å². The van der Waals surface area contributed by atoms with Gasteiger partial charge in [0, 0.05) is 18.8 Å². The molecule has 2 amide bonds. The number of anilines is 1. The quantitative estimate of drug-likeness (QED) is 0.752. The van der Waals surface area contributed by atoms with Crippen molar-refractivity contribution < 1.29 is 14.3 Å². The van der Waals surface area contributed by atoms with E-state index in [0.717, 1.165) is 18.4 Å². The molecule has 0 bridgehead atoms. The smallest absolute Gasteiger partial charge is 0.237 e. The van der Waals surface area contributed by atoms with E-state index in [9.17, 15) is 9.59 Å². The number of primary amides is 1. The van der Waals surface area contributed by atoms with Gasteiger partial charge in [-0.1, -0.05) is 18.2 Å². The first-order chi connectivity index (χ1) is 10.1. The fourth-order valence-electron chi connectivity index (χ4n) is 2.43. The Hall–Kier alpha value is -2.08. The van der Waals surface area contributed by atoms with Gasteiger partial charge < -0.3 is 21.1 Å². The van der Waals surface area contributed by atoms with Gasteiger partial charge in [0.25, 0.3) is 0 Å². The van der Waals surface area contributed by atoms with Gasteiger partial charge in [0.15, 0.2) is 0 Å². The molecule has 1 fully saturated rings. The number of hydrogen-bond donors (Lipinski definition) is 2. The third-order valence-corrected chi connectivity index (χ3v) is 3.54. The third kappa shape index (κ3) is 4.46. The zero-order valence-electron chi connectivity index (χ0n) is 12.0. The largest absolute Gasteiger partial charge is 0.398 e. The van der Waals surface area contributed by atoms with E-state index in [0.29, 0.717) is 12.3 Å². The first-order valence-electron chi connectivity index (χ1n) is 7.07. The van der Waals surface area contributed by atoms with Gasteiger partial charge in [0.2, 0.25) is 11.8 Å². The Morgan fingerprint density at radius 1 is 1.33 bits per heavy atom. The molecule has 1 saturated heterocycles. The van der Waals surface area contributed by atoms with Crippen LogP contribution >= 0.6 is 0 Å².